The van der Waals surface area contributed by atoms with Gasteiger partial charge in [-0.1, -0.05) is 12.6 Å². The van der Waals surface area contributed by atoms with Gasteiger partial charge in [0.25, 0.3) is 0 Å². The Balaban J connectivity index is 1.47. The van der Waals surface area contributed by atoms with E-state index in [0.717, 1.165) is 51.8 Å². The Bertz CT molecular complexity index is 1430. The van der Waals surface area contributed by atoms with Crippen LogP contribution in [0.2, 0.25) is 0 Å². The molecule has 9 heteroatoms. The fourth-order valence-corrected chi connectivity index (χ4v) is 5.69. The van der Waals surface area contributed by atoms with E-state index in [2.05, 4.69) is 27.6 Å². The first-order valence-corrected chi connectivity index (χ1v) is 11.5. The number of carbonyl (C=O) groups is 1. The van der Waals surface area contributed by atoms with Crippen molar-refractivity contribution in [1.82, 2.24) is 29.6 Å². The Labute approximate surface area is 188 Å². The fourth-order valence-electron chi connectivity index (χ4n) is 4.97. The number of nitrogen functional groups attached to an aromatic ring is 1. The maximum absolute atomic E-state index is 12.1. The molecule has 0 bridgehead atoms. The average Bonchev–Trinajstić information content (AvgIpc) is 3.54. The van der Waals surface area contributed by atoms with Crippen LogP contribution in [-0.4, -0.2) is 48.6 Å². The number of aromatic nitrogens is 5. The van der Waals surface area contributed by atoms with Crippen molar-refractivity contribution in [2.24, 2.45) is 0 Å². The van der Waals surface area contributed by atoms with Crippen LogP contribution in [0.5, 0.6) is 0 Å². The molecule has 2 aliphatic rings. The van der Waals surface area contributed by atoms with Crippen LogP contribution in [0.1, 0.15) is 25.3 Å². The standard InChI is InChI=1S/C23H21N7OS/c1-2-19(31)29-8-7-15-14(10-29)4-6-17(15)30-23-20(22(24)25-11-26-23)21(28-30)13-3-5-16-18(9-13)32-12-27-16/h2-3,5,9,11-12,17H,1,4,6-8,10H2,(H2,24,25,26). The topological polar surface area (TPSA) is 103 Å². The van der Waals surface area contributed by atoms with E-state index in [-0.39, 0.29) is 11.9 Å². The van der Waals surface area contributed by atoms with E-state index in [1.807, 2.05) is 27.2 Å². The smallest absolute Gasteiger partial charge is 0.246 e. The number of anilines is 1. The zero-order chi connectivity index (χ0) is 21.8. The van der Waals surface area contributed by atoms with Crippen LogP contribution in [0, 0.1) is 0 Å². The predicted octanol–water partition coefficient (Wildman–Crippen LogP) is 3.74. The van der Waals surface area contributed by atoms with Gasteiger partial charge in [-0.2, -0.15) is 5.10 Å². The molecule has 4 aromatic rings. The number of benzene rings is 1. The van der Waals surface area contributed by atoms with Crippen molar-refractivity contribution in [3.8, 4) is 11.3 Å². The summed E-state index contributed by atoms with van der Waals surface area (Å²) < 4.78 is 3.12. The van der Waals surface area contributed by atoms with Crippen LogP contribution in [0.4, 0.5) is 5.82 Å². The Morgan fingerprint density at radius 3 is 3.03 bits per heavy atom. The van der Waals surface area contributed by atoms with Gasteiger partial charge in [0.1, 0.15) is 17.8 Å². The molecule has 8 nitrogen and oxygen atoms in total. The first-order chi connectivity index (χ1) is 15.6. The van der Waals surface area contributed by atoms with Gasteiger partial charge >= 0.3 is 0 Å². The molecule has 0 fully saturated rings. The highest BCUT2D eigenvalue weighted by Gasteiger charge is 2.34. The summed E-state index contributed by atoms with van der Waals surface area (Å²) in [7, 11) is 0. The van der Waals surface area contributed by atoms with Crippen molar-refractivity contribution in [3.05, 3.63) is 53.8 Å². The minimum Gasteiger partial charge on any atom is -0.383 e. The summed E-state index contributed by atoms with van der Waals surface area (Å²) in [4.78, 5) is 27.1. The van der Waals surface area contributed by atoms with Crippen molar-refractivity contribution < 1.29 is 4.79 Å². The molecule has 2 N–H and O–H groups in total. The van der Waals surface area contributed by atoms with Gasteiger partial charge in [-0.3, -0.25) is 4.79 Å². The molecule has 1 aliphatic carbocycles. The lowest BCUT2D eigenvalue weighted by molar-refractivity contribution is -0.125. The molecular weight excluding hydrogens is 422 g/mol. The zero-order valence-electron chi connectivity index (χ0n) is 17.4. The van der Waals surface area contributed by atoms with Crippen molar-refractivity contribution in [1.29, 1.82) is 0 Å². The third-order valence-electron chi connectivity index (χ3n) is 6.51. The molecule has 32 heavy (non-hydrogen) atoms. The van der Waals surface area contributed by atoms with Gasteiger partial charge in [-0.25, -0.2) is 19.6 Å². The third-order valence-corrected chi connectivity index (χ3v) is 7.30. The van der Waals surface area contributed by atoms with Crippen LogP contribution in [-0.2, 0) is 4.79 Å². The highest BCUT2D eigenvalue weighted by atomic mass is 32.1. The first kappa shape index (κ1) is 19.1. The largest absolute Gasteiger partial charge is 0.383 e. The van der Waals surface area contributed by atoms with Gasteiger partial charge in [0.05, 0.1) is 27.2 Å². The SMILES string of the molecule is C=CC(=O)N1CCC2=C(CCC2n2nc(-c3ccc4ncsc4c3)c3c(N)ncnc32)C1. The molecule has 0 saturated heterocycles. The number of thiazole rings is 1. The van der Waals surface area contributed by atoms with Gasteiger partial charge in [-0.05, 0) is 48.6 Å². The summed E-state index contributed by atoms with van der Waals surface area (Å²) in [6, 6.07) is 6.25. The highest BCUT2D eigenvalue weighted by molar-refractivity contribution is 7.16. The maximum Gasteiger partial charge on any atom is 0.246 e. The van der Waals surface area contributed by atoms with Crippen molar-refractivity contribution >= 4 is 44.3 Å². The molecule has 0 saturated carbocycles. The summed E-state index contributed by atoms with van der Waals surface area (Å²) in [5.74, 6) is 0.421. The van der Waals surface area contributed by atoms with Crippen LogP contribution < -0.4 is 5.73 Å². The monoisotopic (exact) mass is 443 g/mol. The molecule has 0 radical (unpaired) electrons. The Hall–Kier alpha value is -3.59. The molecule has 1 atom stereocenters. The molecule has 0 spiro atoms. The lowest BCUT2D eigenvalue weighted by Gasteiger charge is -2.29. The minimum atomic E-state index is -0.00852. The number of hydrogen-bond donors (Lipinski definition) is 1. The minimum absolute atomic E-state index is 0.00852. The number of fused-ring (bicyclic) bond motifs is 2. The molecule has 6 rings (SSSR count). The van der Waals surface area contributed by atoms with Gasteiger partial charge < -0.3 is 10.6 Å². The quantitative estimate of drug-likeness (QED) is 0.382. The first-order valence-electron chi connectivity index (χ1n) is 10.6. The molecular formula is C23H21N7OS. The molecule has 1 unspecified atom stereocenters. The summed E-state index contributed by atoms with van der Waals surface area (Å²) in [6.07, 6.45) is 5.62. The highest BCUT2D eigenvalue weighted by Crippen LogP contribution is 2.43. The number of nitrogens with two attached hydrogens (primary N) is 1. The van der Waals surface area contributed by atoms with Crippen LogP contribution in [0.15, 0.2) is 53.8 Å². The van der Waals surface area contributed by atoms with E-state index in [1.54, 1.807) is 11.3 Å². The van der Waals surface area contributed by atoms with E-state index in [1.165, 1.54) is 23.5 Å². The second-order valence-corrected chi connectivity index (χ2v) is 9.07. The number of amides is 1. The van der Waals surface area contributed by atoms with E-state index < -0.39 is 0 Å². The number of nitrogens with zero attached hydrogens (tertiary/aromatic N) is 6. The Morgan fingerprint density at radius 2 is 2.16 bits per heavy atom. The maximum atomic E-state index is 12.1. The molecule has 4 heterocycles. The third kappa shape index (κ3) is 2.85. The molecule has 1 aromatic carbocycles. The number of rotatable bonds is 3. The summed E-state index contributed by atoms with van der Waals surface area (Å²) in [5.41, 5.74) is 14.3. The van der Waals surface area contributed by atoms with Crippen molar-refractivity contribution in [2.75, 3.05) is 18.8 Å². The fraction of sp³-hybridized carbons (Fsp3) is 0.261. The van der Waals surface area contributed by atoms with Crippen LogP contribution in [0.25, 0.3) is 32.5 Å². The molecule has 1 aliphatic heterocycles. The molecule has 160 valence electrons. The van der Waals surface area contributed by atoms with Crippen molar-refractivity contribution in [2.45, 2.75) is 25.3 Å². The summed E-state index contributed by atoms with van der Waals surface area (Å²) in [5, 5.41) is 5.82. The van der Waals surface area contributed by atoms with E-state index in [0.29, 0.717) is 18.9 Å². The van der Waals surface area contributed by atoms with Crippen molar-refractivity contribution in [3.63, 3.8) is 0 Å². The number of hydrogen-bond acceptors (Lipinski definition) is 7. The van der Waals surface area contributed by atoms with Gasteiger partial charge in [-0.15, -0.1) is 11.3 Å². The van der Waals surface area contributed by atoms with Gasteiger partial charge in [0.15, 0.2) is 5.65 Å². The second kappa shape index (κ2) is 7.23. The lowest BCUT2D eigenvalue weighted by atomic mass is 10.0. The number of carbonyl (C=O) groups excluding carboxylic acids is 1. The molecule has 1 amide bonds. The van der Waals surface area contributed by atoms with E-state index in [9.17, 15) is 4.79 Å². The van der Waals surface area contributed by atoms with E-state index in [4.69, 9.17) is 10.8 Å². The zero-order valence-corrected chi connectivity index (χ0v) is 18.2. The normalized spacial score (nSPS) is 18.5. The van der Waals surface area contributed by atoms with Gasteiger partial charge in [0, 0.05) is 18.7 Å². The Kier molecular flexibility index (Phi) is 4.32. The molecule has 3 aromatic heterocycles. The van der Waals surface area contributed by atoms with E-state index >= 15 is 0 Å². The average molecular weight is 444 g/mol. The Morgan fingerprint density at radius 1 is 1.25 bits per heavy atom. The lowest BCUT2D eigenvalue weighted by Crippen LogP contribution is -2.35. The predicted molar refractivity (Wildman–Crippen MR) is 125 cm³/mol. The summed E-state index contributed by atoms with van der Waals surface area (Å²) >= 11 is 1.60. The van der Waals surface area contributed by atoms with Crippen LogP contribution >= 0.6 is 11.3 Å². The summed E-state index contributed by atoms with van der Waals surface area (Å²) in [6.45, 7) is 4.99. The second-order valence-electron chi connectivity index (χ2n) is 8.18. The van der Waals surface area contributed by atoms with Gasteiger partial charge in [0.2, 0.25) is 5.91 Å². The van der Waals surface area contributed by atoms with Crippen LogP contribution in [0.3, 0.4) is 0 Å².